The molecule has 1 atom stereocenters. The van der Waals surface area contributed by atoms with Crippen molar-refractivity contribution in [3.05, 3.63) is 39.5 Å². The van der Waals surface area contributed by atoms with Gasteiger partial charge in [-0.25, -0.2) is 8.78 Å². The second-order valence-electron chi connectivity index (χ2n) is 8.41. The minimum Gasteiger partial charge on any atom is -0.433 e. The van der Waals surface area contributed by atoms with Gasteiger partial charge in [-0.2, -0.15) is 22.0 Å². The first-order valence-corrected chi connectivity index (χ1v) is 12.8. The Hall–Kier alpha value is -3.15. The van der Waals surface area contributed by atoms with E-state index in [2.05, 4.69) is 15.4 Å². The molecule has 1 saturated heterocycles. The van der Waals surface area contributed by atoms with Crippen LogP contribution >= 0.6 is 22.9 Å². The van der Waals surface area contributed by atoms with Crippen LogP contribution in [-0.2, 0) is 14.3 Å². The van der Waals surface area contributed by atoms with Gasteiger partial charge in [0.1, 0.15) is 12.6 Å². The number of anilines is 2. The summed E-state index contributed by atoms with van der Waals surface area (Å²) < 4.78 is 102. The standard InChI is InChI=1S/C23H22ClF7N4O5S/c24-17-4-3-16(41-17)21(38)32-8-14(34(9-18(25)26)11-23(29,30)31)20(37)33-13-2-1-12(7-15(13)40-22(27)28)35-5-6-39-10-19(35)36/h1-4,7,14,18,22H,5-6,8-11H2,(H,32,38)(H,33,37)/t14-/m1/s1. The molecule has 1 aliphatic heterocycles. The highest BCUT2D eigenvalue weighted by Gasteiger charge is 2.38. The average Bonchev–Trinajstić information content (AvgIpc) is 3.30. The summed E-state index contributed by atoms with van der Waals surface area (Å²) in [4.78, 5) is 39.1. The Labute approximate surface area is 237 Å². The molecule has 2 heterocycles. The summed E-state index contributed by atoms with van der Waals surface area (Å²) in [6.45, 7) is -7.77. The number of carbonyl (C=O) groups excluding carboxylic acids is 3. The molecule has 0 aliphatic carbocycles. The number of benzene rings is 1. The van der Waals surface area contributed by atoms with Gasteiger partial charge in [-0.1, -0.05) is 11.6 Å². The lowest BCUT2D eigenvalue weighted by Crippen LogP contribution is -2.54. The minimum absolute atomic E-state index is 0.0336. The first kappa shape index (κ1) is 32.4. The summed E-state index contributed by atoms with van der Waals surface area (Å²) in [6, 6.07) is 3.94. The number of hydrogen-bond acceptors (Lipinski definition) is 7. The third kappa shape index (κ3) is 9.72. The first-order chi connectivity index (χ1) is 19.2. The highest BCUT2D eigenvalue weighted by molar-refractivity contribution is 7.18. The lowest BCUT2D eigenvalue weighted by Gasteiger charge is -2.31. The number of rotatable bonds is 12. The molecule has 1 aromatic heterocycles. The molecule has 0 bridgehead atoms. The van der Waals surface area contributed by atoms with Gasteiger partial charge in [0.05, 0.1) is 34.6 Å². The van der Waals surface area contributed by atoms with Gasteiger partial charge in [-0.3, -0.25) is 19.3 Å². The minimum atomic E-state index is -5.02. The Morgan fingerprint density at radius 1 is 1.17 bits per heavy atom. The van der Waals surface area contributed by atoms with Crippen molar-refractivity contribution >= 4 is 52.0 Å². The van der Waals surface area contributed by atoms with Crippen molar-refractivity contribution in [2.45, 2.75) is 25.3 Å². The smallest absolute Gasteiger partial charge is 0.401 e. The summed E-state index contributed by atoms with van der Waals surface area (Å²) in [6.07, 6.45) is -8.32. The highest BCUT2D eigenvalue weighted by atomic mass is 35.5. The Morgan fingerprint density at radius 3 is 2.49 bits per heavy atom. The number of alkyl halides is 7. The van der Waals surface area contributed by atoms with Crippen molar-refractivity contribution < 1.29 is 54.6 Å². The van der Waals surface area contributed by atoms with E-state index in [0.29, 0.717) is 0 Å². The van der Waals surface area contributed by atoms with Crippen LogP contribution in [0.2, 0.25) is 4.34 Å². The van der Waals surface area contributed by atoms with Crippen LogP contribution in [0.25, 0.3) is 0 Å². The zero-order valence-electron chi connectivity index (χ0n) is 20.7. The van der Waals surface area contributed by atoms with E-state index in [-0.39, 0.29) is 39.6 Å². The van der Waals surface area contributed by atoms with Crippen LogP contribution in [0, 0.1) is 0 Å². The number of nitrogens with one attached hydrogen (secondary N) is 2. The van der Waals surface area contributed by atoms with Gasteiger partial charge in [0.25, 0.3) is 18.2 Å². The molecule has 2 N–H and O–H groups in total. The fourth-order valence-corrected chi connectivity index (χ4v) is 4.75. The number of halogens is 8. The van der Waals surface area contributed by atoms with E-state index in [0.717, 1.165) is 23.5 Å². The van der Waals surface area contributed by atoms with Crippen molar-refractivity contribution in [1.82, 2.24) is 10.2 Å². The van der Waals surface area contributed by atoms with Crippen LogP contribution in [-0.4, -0.2) is 87.3 Å². The maximum atomic E-state index is 13.3. The van der Waals surface area contributed by atoms with Crippen LogP contribution in [0.1, 0.15) is 9.67 Å². The van der Waals surface area contributed by atoms with E-state index >= 15 is 0 Å². The molecule has 2 aromatic rings. The van der Waals surface area contributed by atoms with Gasteiger partial charge >= 0.3 is 12.8 Å². The van der Waals surface area contributed by atoms with E-state index in [1.165, 1.54) is 23.1 Å². The van der Waals surface area contributed by atoms with Crippen molar-refractivity contribution in [3.8, 4) is 5.75 Å². The molecule has 41 heavy (non-hydrogen) atoms. The number of thiophene rings is 1. The van der Waals surface area contributed by atoms with E-state index in [1.807, 2.05) is 0 Å². The van der Waals surface area contributed by atoms with Crippen LogP contribution in [0.4, 0.5) is 42.1 Å². The highest BCUT2D eigenvalue weighted by Crippen LogP contribution is 2.32. The van der Waals surface area contributed by atoms with Crippen molar-refractivity contribution in [3.63, 3.8) is 0 Å². The fraction of sp³-hybridized carbons (Fsp3) is 0.435. The molecule has 1 aliphatic rings. The number of amides is 3. The lowest BCUT2D eigenvalue weighted by molar-refractivity contribution is -0.157. The van der Waals surface area contributed by atoms with Crippen LogP contribution in [0.15, 0.2) is 30.3 Å². The molecule has 18 heteroatoms. The molecule has 9 nitrogen and oxygen atoms in total. The molecule has 0 saturated carbocycles. The largest absolute Gasteiger partial charge is 0.433 e. The molecule has 0 radical (unpaired) electrons. The Balaban J connectivity index is 1.91. The molecule has 1 fully saturated rings. The molecular weight excluding hydrogens is 613 g/mol. The van der Waals surface area contributed by atoms with Crippen molar-refractivity contribution in [1.29, 1.82) is 0 Å². The van der Waals surface area contributed by atoms with Crippen molar-refractivity contribution in [2.75, 3.05) is 49.6 Å². The quantitative estimate of drug-likeness (QED) is 0.339. The molecular formula is C23H22ClF7N4O5S. The normalized spacial score (nSPS) is 15.0. The second-order valence-corrected chi connectivity index (χ2v) is 10.1. The lowest BCUT2D eigenvalue weighted by atomic mass is 10.1. The SMILES string of the molecule is O=C(NC[C@H](C(=O)Nc1ccc(N2CCOCC2=O)cc1OC(F)F)N(CC(F)F)CC(F)(F)F)c1ccc(Cl)s1. The third-order valence-electron chi connectivity index (χ3n) is 5.49. The zero-order chi connectivity index (χ0) is 30.3. The van der Waals surface area contributed by atoms with E-state index in [9.17, 15) is 45.1 Å². The molecule has 0 unspecified atom stereocenters. The number of carbonyl (C=O) groups is 3. The third-order valence-corrected chi connectivity index (χ3v) is 6.72. The van der Waals surface area contributed by atoms with Crippen LogP contribution in [0.3, 0.4) is 0 Å². The Morgan fingerprint density at radius 2 is 1.90 bits per heavy atom. The maximum absolute atomic E-state index is 13.3. The van der Waals surface area contributed by atoms with E-state index in [1.54, 1.807) is 0 Å². The van der Waals surface area contributed by atoms with Gasteiger partial charge in [0.15, 0.2) is 5.75 Å². The number of morpholine rings is 1. The number of hydrogen-bond donors (Lipinski definition) is 2. The number of ether oxygens (including phenoxy) is 2. The Bertz CT molecular complexity index is 1230. The molecule has 226 valence electrons. The summed E-state index contributed by atoms with van der Waals surface area (Å²) in [5, 5.41) is 4.33. The fourth-order valence-electron chi connectivity index (χ4n) is 3.79. The van der Waals surface area contributed by atoms with Gasteiger partial charge in [-0.15, -0.1) is 11.3 Å². The molecule has 3 amide bonds. The van der Waals surface area contributed by atoms with Gasteiger partial charge in [-0.05, 0) is 24.3 Å². The van der Waals surface area contributed by atoms with Crippen LogP contribution < -0.4 is 20.3 Å². The van der Waals surface area contributed by atoms with E-state index in [4.69, 9.17) is 16.3 Å². The maximum Gasteiger partial charge on any atom is 0.401 e. The molecule has 3 rings (SSSR count). The summed E-state index contributed by atoms with van der Waals surface area (Å²) >= 11 is 6.60. The van der Waals surface area contributed by atoms with Gasteiger partial charge < -0.3 is 25.0 Å². The summed E-state index contributed by atoms with van der Waals surface area (Å²) in [5.74, 6) is -3.33. The Kier molecular flexibility index (Phi) is 11.2. The van der Waals surface area contributed by atoms with Crippen LogP contribution in [0.5, 0.6) is 5.75 Å². The number of nitrogens with zero attached hydrogens (tertiary/aromatic N) is 2. The summed E-state index contributed by atoms with van der Waals surface area (Å²) in [7, 11) is 0. The average molecular weight is 635 g/mol. The summed E-state index contributed by atoms with van der Waals surface area (Å²) in [5.41, 5.74) is -0.355. The predicted molar refractivity (Wildman–Crippen MR) is 134 cm³/mol. The molecule has 1 aromatic carbocycles. The monoisotopic (exact) mass is 634 g/mol. The second kappa shape index (κ2) is 14.2. The van der Waals surface area contributed by atoms with Gasteiger partial charge in [0.2, 0.25) is 5.91 Å². The zero-order valence-corrected chi connectivity index (χ0v) is 22.3. The predicted octanol–water partition coefficient (Wildman–Crippen LogP) is 4.23. The van der Waals surface area contributed by atoms with E-state index < -0.39 is 74.0 Å². The first-order valence-electron chi connectivity index (χ1n) is 11.6. The van der Waals surface area contributed by atoms with Crippen molar-refractivity contribution in [2.24, 2.45) is 0 Å². The van der Waals surface area contributed by atoms with Gasteiger partial charge in [0, 0.05) is 24.8 Å². The topological polar surface area (TPSA) is 100 Å². The molecule has 0 spiro atoms.